The van der Waals surface area contributed by atoms with Gasteiger partial charge in [0.1, 0.15) is 35.1 Å². The molecule has 274 valence electrons. The number of alkyl halides is 3. The normalized spacial score (nSPS) is 14.8. The van der Waals surface area contributed by atoms with Crippen LogP contribution in [0, 0.1) is 12.7 Å². The monoisotopic (exact) mass is 758 g/mol. The third-order valence-corrected chi connectivity index (χ3v) is 10.4. The lowest BCUT2D eigenvalue weighted by molar-refractivity contribution is -0.153. The molecule has 3 heterocycles. The van der Waals surface area contributed by atoms with E-state index in [0.717, 1.165) is 32.7 Å². The molecule has 5 aromatic rings. The predicted octanol–water partition coefficient (Wildman–Crippen LogP) is 7.77. The summed E-state index contributed by atoms with van der Waals surface area (Å²) in [4.78, 5) is 27.1. The molecule has 1 aliphatic heterocycles. The van der Waals surface area contributed by atoms with Crippen LogP contribution in [0.15, 0.2) is 67.0 Å². The van der Waals surface area contributed by atoms with Crippen molar-refractivity contribution in [1.82, 2.24) is 19.8 Å². The second-order valence-electron chi connectivity index (χ2n) is 12.4. The second-order valence-corrected chi connectivity index (χ2v) is 13.8. The van der Waals surface area contributed by atoms with Crippen molar-refractivity contribution in [2.45, 2.75) is 25.6 Å². The Kier molecular flexibility index (Phi) is 11.5. The maximum atomic E-state index is 14.0. The quantitative estimate of drug-likeness (QED) is 0.121. The van der Waals surface area contributed by atoms with E-state index in [-0.39, 0.29) is 23.6 Å². The number of carboxylic acids is 1. The first-order valence-electron chi connectivity index (χ1n) is 16.4. The number of aromatic nitrogens is 2. The van der Waals surface area contributed by atoms with Gasteiger partial charge in [0, 0.05) is 49.6 Å². The summed E-state index contributed by atoms with van der Waals surface area (Å²) in [5.41, 5.74) is 2.79. The fraction of sp³-hybridized carbons (Fsp3) is 0.324. The molecule has 0 radical (unpaired) electrons. The van der Waals surface area contributed by atoms with Crippen LogP contribution >= 0.6 is 22.9 Å². The molecule has 15 heteroatoms. The van der Waals surface area contributed by atoms with E-state index in [2.05, 4.69) is 26.8 Å². The van der Waals surface area contributed by atoms with Crippen LogP contribution in [0.4, 0.5) is 17.6 Å². The fourth-order valence-corrected chi connectivity index (χ4v) is 7.32. The van der Waals surface area contributed by atoms with E-state index in [1.165, 1.54) is 48.0 Å². The van der Waals surface area contributed by atoms with Crippen LogP contribution < -0.4 is 14.2 Å². The van der Waals surface area contributed by atoms with Crippen molar-refractivity contribution in [3.8, 4) is 38.9 Å². The zero-order valence-corrected chi connectivity index (χ0v) is 29.8. The highest BCUT2D eigenvalue weighted by Crippen LogP contribution is 2.49. The number of nitrogens with zero attached hydrogens (tertiary/aromatic N) is 4. The molecule has 1 fully saturated rings. The highest BCUT2D eigenvalue weighted by Gasteiger charge is 2.31. The Hall–Kier alpha value is -4.50. The van der Waals surface area contributed by atoms with E-state index in [1.807, 2.05) is 13.0 Å². The van der Waals surface area contributed by atoms with E-state index in [0.29, 0.717) is 54.7 Å². The van der Waals surface area contributed by atoms with Crippen LogP contribution in [-0.4, -0.2) is 96.1 Å². The zero-order valence-electron chi connectivity index (χ0n) is 28.3. The van der Waals surface area contributed by atoms with Gasteiger partial charge in [-0.1, -0.05) is 48.0 Å². The van der Waals surface area contributed by atoms with E-state index < -0.39 is 30.7 Å². The van der Waals surface area contributed by atoms with Crippen molar-refractivity contribution in [3.63, 3.8) is 0 Å². The minimum atomic E-state index is -4.59. The third-order valence-electron chi connectivity index (χ3n) is 8.74. The summed E-state index contributed by atoms with van der Waals surface area (Å²) >= 11 is 8.22. The number of hydrogen-bond donors (Lipinski definition) is 1. The number of thiophene rings is 1. The SMILES string of the molecule is Cc1c(-c2c(-c3ccc(F)cc3)sc3ncnc(O[C@H](Cc4ccccc4OCC(F)(F)F)C(=O)O)c23)ccc(OCCN2CCN(C)CC2)c1Cl. The number of halogens is 5. The average molecular weight is 759 g/mol. The molecule has 1 N–H and O–H groups in total. The molecule has 0 aliphatic carbocycles. The Labute approximate surface area is 306 Å². The number of rotatable bonds is 13. The molecule has 0 amide bonds. The molecule has 1 atom stereocenters. The van der Waals surface area contributed by atoms with Crippen LogP contribution in [0.5, 0.6) is 17.4 Å². The lowest BCUT2D eigenvalue weighted by Crippen LogP contribution is -2.45. The maximum absolute atomic E-state index is 14.0. The van der Waals surface area contributed by atoms with Crippen molar-refractivity contribution < 1.29 is 41.7 Å². The van der Waals surface area contributed by atoms with Gasteiger partial charge in [-0.2, -0.15) is 13.2 Å². The number of carbonyl (C=O) groups is 1. The van der Waals surface area contributed by atoms with Gasteiger partial charge in [-0.05, 0) is 60.5 Å². The van der Waals surface area contributed by atoms with Crippen LogP contribution in [-0.2, 0) is 11.2 Å². The minimum absolute atomic E-state index is 0.0614. The number of aliphatic carboxylic acids is 1. The summed E-state index contributed by atoms with van der Waals surface area (Å²) in [6.07, 6.45) is -5.25. The molecule has 1 aliphatic rings. The van der Waals surface area contributed by atoms with E-state index in [1.54, 1.807) is 24.3 Å². The Morgan fingerprint density at radius 3 is 2.44 bits per heavy atom. The molecule has 52 heavy (non-hydrogen) atoms. The molecular weight excluding hydrogens is 724 g/mol. The Morgan fingerprint density at radius 1 is 1.00 bits per heavy atom. The Bertz CT molecular complexity index is 2040. The van der Waals surface area contributed by atoms with E-state index >= 15 is 0 Å². The fourth-order valence-electron chi connectivity index (χ4n) is 5.94. The van der Waals surface area contributed by atoms with E-state index in [4.69, 9.17) is 25.8 Å². The van der Waals surface area contributed by atoms with Crippen molar-refractivity contribution in [1.29, 1.82) is 0 Å². The first kappa shape index (κ1) is 37.3. The van der Waals surface area contributed by atoms with Gasteiger partial charge in [-0.3, -0.25) is 4.90 Å². The second kappa shape index (κ2) is 16.0. The highest BCUT2D eigenvalue weighted by atomic mass is 35.5. The first-order chi connectivity index (χ1) is 24.9. The van der Waals surface area contributed by atoms with Crippen molar-refractivity contribution in [2.75, 3.05) is 53.0 Å². The third kappa shape index (κ3) is 8.75. The molecule has 2 aromatic heterocycles. The number of fused-ring (bicyclic) bond motifs is 1. The molecule has 3 aromatic carbocycles. The highest BCUT2D eigenvalue weighted by molar-refractivity contribution is 7.22. The number of carboxylic acid groups (broad SMARTS) is 1. The van der Waals surface area contributed by atoms with Crippen molar-refractivity contribution in [3.05, 3.63) is 89.0 Å². The summed E-state index contributed by atoms with van der Waals surface area (Å²) in [5.74, 6) is -1.46. The first-order valence-corrected chi connectivity index (χ1v) is 17.6. The average Bonchev–Trinajstić information content (AvgIpc) is 3.50. The molecule has 9 nitrogen and oxygen atoms in total. The summed E-state index contributed by atoms with van der Waals surface area (Å²) in [7, 11) is 2.10. The van der Waals surface area contributed by atoms with Gasteiger partial charge in [0.15, 0.2) is 6.61 Å². The Balaban J connectivity index is 1.37. The molecule has 6 rings (SSSR count). The smallest absolute Gasteiger partial charge is 0.422 e. The minimum Gasteiger partial charge on any atom is -0.491 e. The largest absolute Gasteiger partial charge is 0.491 e. The van der Waals surface area contributed by atoms with Crippen LogP contribution in [0.3, 0.4) is 0 Å². The number of benzene rings is 3. The van der Waals surface area contributed by atoms with Gasteiger partial charge in [0.05, 0.1) is 10.4 Å². The molecule has 1 saturated heterocycles. The van der Waals surface area contributed by atoms with Crippen LogP contribution in [0.2, 0.25) is 5.02 Å². The number of para-hydroxylation sites is 1. The summed E-state index contributed by atoms with van der Waals surface area (Å²) < 4.78 is 70.0. The molecule has 0 bridgehead atoms. The maximum Gasteiger partial charge on any atom is 0.422 e. The molecule has 0 saturated carbocycles. The van der Waals surface area contributed by atoms with E-state index in [9.17, 15) is 27.5 Å². The summed E-state index contributed by atoms with van der Waals surface area (Å²) in [5, 5.41) is 11.0. The topological polar surface area (TPSA) is 97.2 Å². The summed E-state index contributed by atoms with van der Waals surface area (Å²) in [6, 6.07) is 15.4. The van der Waals surface area contributed by atoms with Crippen LogP contribution in [0.25, 0.3) is 31.8 Å². The Morgan fingerprint density at radius 2 is 1.73 bits per heavy atom. The lowest BCUT2D eigenvalue weighted by Gasteiger charge is -2.32. The van der Waals surface area contributed by atoms with Gasteiger partial charge in [-0.25, -0.2) is 19.2 Å². The van der Waals surface area contributed by atoms with Gasteiger partial charge in [0.25, 0.3) is 0 Å². The molecular formula is C37H35ClF4N4O5S. The predicted molar refractivity (Wildman–Crippen MR) is 191 cm³/mol. The van der Waals surface area contributed by atoms with Gasteiger partial charge in [-0.15, -0.1) is 11.3 Å². The number of likely N-dealkylation sites (N-methyl/N-ethyl adjacent to an activating group) is 1. The lowest BCUT2D eigenvalue weighted by atomic mass is 9.96. The molecule has 0 unspecified atom stereocenters. The van der Waals surface area contributed by atoms with Gasteiger partial charge < -0.3 is 24.2 Å². The van der Waals surface area contributed by atoms with Crippen molar-refractivity contribution >= 4 is 39.1 Å². The molecule has 0 spiro atoms. The van der Waals surface area contributed by atoms with Gasteiger partial charge in [0.2, 0.25) is 12.0 Å². The van der Waals surface area contributed by atoms with Crippen LogP contribution in [0.1, 0.15) is 11.1 Å². The number of ether oxygens (including phenoxy) is 3. The summed E-state index contributed by atoms with van der Waals surface area (Å²) in [6.45, 7) is 5.38. The standard InChI is InChI=1S/C37H35ClF4N4O5S/c1-22-26(11-12-28(32(22)38)49-18-17-46-15-13-45(2)14-16-46)30-31-34(43-21-44-35(31)52-33(30)23-7-9-25(39)10-8-23)51-29(36(47)48)19-24-5-3-4-6-27(24)50-20-37(40,41)42/h3-12,21,29H,13-20H2,1-2H3,(H,47,48)/t29-/m1/s1. The number of hydrogen-bond acceptors (Lipinski definition) is 9. The van der Waals surface area contributed by atoms with Gasteiger partial charge >= 0.3 is 12.1 Å². The van der Waals surface area contributed by atoms with Crippen molar-refractivity contribution in [2.24, 2.45) is 0 Å². The zero-order chi connectivity index (χ0) is 37.0. The number of piperazine rings is 1.